The summed E-state index contributed by atoms with van der Waals surface area (Å²) >= 11 is 0. The van der Waals surface area contributed by atoms with Crippen molar-refractivity contribution in [2.45, 2.75) is 19.8 Å². The molecule has 2 rings (SSSR count). The Morgan fingerprint density at radius 1 is 0.947 bits per heavy atom. The topological polar surface area (TPSA) is 12.0 Å². The molecule has 98 valence electrons. The fraction of sp³-hybridized carbons (Fsp3) is 0.222. The summed E-state index contributed by atoms with van der Waals surface area (Å²) in [6, 6.07) is 19.0. The van der Waals surface area contributed by atoms with Gasteiger partial charge in [0.05, 0.1) is 0 Å². The second-order valence-corrected chi connectivity index (χ2v) is 4.75. The molecule has 0 saturated carbocycles. The number of hydrogen-bond acceptors (Lipinski definition) is 1. The molecule has 0 saturated heterocycles. The van der Waals surface area contributed by atoms with Gasteiger partial charge in [-0.05, 0) is 37.5 Å². The van der Waals surface area contributed by atoms with Crippen molar-refractivity contribution in [1.29, 1.82) is 0 Å². The van der Waals surface area contributed by atoms with E-state index in [1.807, 2.05) is 6.07 Å². The van der Waals surface area contributed by atoms with Gasteiger partial charge in [-0.25, -0.2) is 0 Å². The van der Waals surface area contributed by atoms with Crippen LogP contribution >= 0.6 is 0 Å². The van der Waals surface area contributed by atoms with Gasteiger partial charge in [-0.1, -0.05) is 60.2 Å². The van der Waals surface area contributed by atoms with Crippen LogP contribution in [0.25, 0.3) is 6.08 Å². The van der Waals surface area contributed by atoms with E-state index in [9.17, 15) is 0 Å². The summed E-state index contributed by atoms with van der Waals surface area (Å²) in [5.74, 6) is 0. The Kier molecular flexibility index (Phi) is 5.24. The third kappa shape index (κ3) is 5.01. The van der Waals surface area contributed by atoms with Crippen molar-refractivity contribution >= 4 is 11.8 Å². The first-order valence-electron chi connectivity index (χ1n) is 6.87. The molecule has 0 atom stereocenters. The fourth-order valence-electron chi connectivity index (χ4n) is 1.91. The van der Waals surface area contributed by atoms with Crippen LogP contribution in [0.15, 0.2) is 60.7 Å². The SMILES string of the molecule is Cc1ccc(/C=C/CCCNc2ccccc2)cc1. The van der Waals surface area contributed by atoms with Crippen molar-refractivity contribution in [3.8, 4) is 0 Å². The summed E-state index contributed by atoms with van der Waals surface area (Å²) in [5, 5.41) is 3.42. The molecule has 2 aromatic carbocycles. The van der Waals surface area contributed by atoms with Gasteiger partial charge < -0.3 is 5.32 Å². The molecule has 19 heavy (non-hydrogen) atoms. The first-order chi connectivity index (χ1) is 9.34. The first-order valence-corrected chi connectivity index (χ1v) is 6.87. The highest BCUT2D eigenvalue weighted by Crippen LogP contribution is 2.07. The number of anilines is 1. The van der Waals surface area contributed by atoms with Gasteiger partial charge in [0.2, 0.25) is 0 Å². The average Bonchev–Trinajstić information content (AvgIpc) is 2.46. The number of hydrogen-bond donors (Lipinski definition) is 1. The van der Waals surface area contributed by atoms with Crippen molar-refractivity contribution in [2.75, 3.05) is 11.9 Å². The lowest BCUT2D eigenvalue weighted by molar-refractivity contribution is 0.892. The number of nitrogens with one attached hydrogen (secondary N) is 1. The fourth-order valence-corrected chi connectivity index (χ4v) is 1.91. The van der Waals surface area contributed by atoms with Gasteiger partial charge in [-0.3, -0.25) is 0 Å². The number of unbranched alkanes of at least 4 members (excludes halogenated alkanes) is 1. The van der Waals surface area contributed by atoms with Crippen molar-refractivity contribution in [1.82, 2.24) is 0 Å². The Labute approximate surface area is 116 Å². The molecule has 1 N–H and O–H groups in total. The average molecular weight is 251 g/mol. The molecule has 1 heteroatoms. The van der Waals surface area contributed by atoms with Crippen LogP contribution in [0.5, 0.6) is 0 Å². The van der Waals surface area contributed by atoms with Crippen molar-refractivity contribution in [3.05, 3.63) is 71.8 Å². The standard InChI is InChI=1S/C18H21N/c1-16-11-13-17(14-12-16)8-4-3-7-15-19-18-9-5-2-6-10-18/h2,4-6,8-14,19H,3,7,15H2,1H3/b8-4+. The smallest absolute Gasteiger partial charge is 0.0340 e. The van der Waals surface area contributed by atoms with E-state index in [4.69, 9.17) is 0 Å². The van der Waals surface area contributed by atoms with E-state index < -0.39 is 0 Å². The lowest BCUT2D eigenvalue weighted by atomic mass is 10.1. The highest BCUT2D eigenvalue weighted by molar-refractivity contribution is 5.49. The lowest BCUT2D eigenvalue weighted by Crippen LogP contribution is -2.00. The van der Waals surface area contributed by atoms with Gasteiger partial charge in [0.15, 0.2) is 0 Å². The molecule has 1 nitrogen and oxygen atoms in total. The minimum Gasteiger partial charge on any atom is -0.385 e. The summed E-state index contributed by atoms with van der Waals surface area (Å²) in [4.78, 5) is 0. The molecule has 0 unspecified atom stereocenters. The van der Waals surface area contributed by atoms with E-state index in [-0.39, 0.29) is 0 Å². The quantitative estimate of drug-likeness (QED) is 0.720. The largest absolute Gasteiger partial charge is 0.385 e. The van der Waals surface area contributed by atoms with Gasteiger partial charge in [0, 0.05) is 12.2 Å². The van der Waals surface area contributed by atoms with Crippen LogP contribution in [-0.4, -0.2) is 6.54 Å². The molecule has 0 aliphatic rings. The van der Waals surface area contributed by atoms with Crippen LogP contribution in [0.2, 0.25) is 0 Å². The normalized spacial score (nSPS) is 10.8. The molecular weight excluding hydrogens is 230 g/mol. The summed E-state index contributed by atoms with van der Waals surface area (Å²) in [5.41, 5.74) is 3.79. The molecule has 0 heterocycles. The molecule has 0 aliphatic carbocycles. The zero-order valence-corrected chi connectivity index (χ0v) is 11.5. The number of benzene rings is 2. The molecule has 0 radical (unpaired) electrons. The zero-order valence-electron chi connectivity index (χ0n) is 11.5. The minimum absolute atomic E-state index is 1.02. The van der Waals surface area contributed by atoms with Crippen LogP contribution in [0.1, 0.15) is 24.0 Å². The van der Waals surface area contributed by atoms with Crippen LogP contribution < -0.4 is 5.32 Å². The van der Waals surface area contributed by atoms with Gasteiger partial charge in [-0.15, -0.1) is 0 Å². The second-order valence-electron chi connectivity index (χ2n) is 4.75. The van der Waals surface area contributed by atoms with Gasteiger partial charge in [0.25, 0.3) is 0 Å². The van der Waals surface area contributed by atoms with Crippen molar-refractivity contribution < 1.29 is 0 Å². The number of allylic oxidation sites excluding steroid dienone is 1. The molecule has 0 spiro atoms. The number of para-hydroxylation sites is 1. The van der Waals surface area contributed by atoms with Crippen LogP contribution in [0, 0.1) is 6.92 Å². The third-order valence-corrected chi connectivity index (χ3v) is 3.04. The molecule has 0 bridgehead atoms. The van der Waals surface area contributed by atoms with Gasteiger partial charge in [0.1, 0.15) is 0 Å². The predicted molar refractivity (Wildman–Crippen MR) is 84.4 cm³/mol. The maximum atomic E-state index is 3.42. The van der Waals surface area contributed by atoms with E-state index in [1.165, 1.54) is 16.8 Å². The zero-order chi connectivity index (χ0) is 13.3. The Hall–Kier alpha value is -2.02. The maximum absolute atomic E-state index is 3.42. The predicted octanol–water partition coefficient (Wildman–Crippen LogP) is 4.90. The Morgan fingerprint density at radius 2 is 1.68 bits per heavy atom. The Balaban J connectivity index is 1.65. The van der Waals surface area contributed by atoms with E-state index in [0.29, 0.717) is 0 Å². The second kappa shape index (κ2) is 7.42. The van der Waals surface area contributed by atoms with Crippen molar-refractivity contribution in [2.24, 2.45) is 0 Å². The third-order valence-electron chi connectivity index (χ3n) is 3.04. The maximum Gasteiger partial charge on any atom is 0.0340 e. The molecule has 0 fully saturated rings. The lowest BCUT2D eigenvalue weighted by Gasteiger charge is -2.04. The summed E-state index contributed by atoms with van der Waals surface area (Å²) in [7, 11) is 0. The van der Waals surface area contributed by atoms with Crippen LogP contribution in [0.4, 0.5) is 5.69 Å². The molecule has 0 aromatic heterocycles. The van der Waals surface area contributed by atoms with E-state index in [2.05, 4.69) is 72.9 Å². The number of rotatable bonds is 6. The van der Waals surface area contributed by atoms with Crippen LogP contribution in [-0.2, 0) is 0 Å². The van der Waals surface area contributed by atoms with Gasteiger partial charge >= 0.3 is 0 Å². The monoisotopic (exact) mass is 251 g/mol. The summed E-state index contributed by atoms with van der Waals surface area (Å²) < 4.78 is 0. The van der Waals surface area contributed by atoms with E-state index in [1.54, 1.807) is 0 Å². The van der Waals surface area contributed by atoms with E-state index in [0.717, 1.165) is 19.4 Å². The highest BCUT2D eigenvalue weighted by atomic mass is 14.9. The molecule has 2 aromatic rings. The minimum atomic E-state index is 1.02. The Morgan fingerprint density at radius 3 is 2.42 bits per heavy atom. The molecule has 0 amide bonds. The van der Waals surface area contributed by atoms with E-state index >= 15 is 0 Å². The van der Waals surface area contributed by atoms with Crippen molar-refractivity contribution in [3.63, 3.8) is 0 Å². The molecule has 0 aliphatic heterocycles. The summed E-state index contributed by atoms with van der Waals surface area (Å²) in [6.07, 6.45) is 6.70. The summed E-state index contributed by atoms with van der Waals surface area (Å²) in [6.45, 7) is 3.13. The first kappa shape index (κ1) is 13.4. The van der Waals surface area contributed by atoms with Crippen LogP contribution in [0.3, 0.4) is 0 Å². The highest BCUT2D eigenvalue weighted by Gasteiger charge is 1.89. The molecular formula is C18H21N. The van der Waals surface area contributed by atoms with Gasteiger partial charge in [-0.2, -0.15) is 0 Å². The Bertz CT molecular complexity index is 497. The number of aryl methyl sites for hydroxylation is 1.